The Morgan fingerprint density at radius 1 is 1.00 bits per heavy atom. The number of piperidine rings is 1. The molecule has 0 aromatic rings. The van der Waals surface area contributed by atoms with Crippen LogP contribution >= 0.6 is 0 Å². The van der Waals surface area contributed by atoms with Crippen molar-refractivity contribution in [2.45, 2.75) is 71.4 Å². The summed E-state index contributed by atoms with van der Waals surface area (Å²) in [5.74, 6) is 0.863. The average molecular weight is 238 g/mol. The second kappa shape index (κ2) is 5.27. The van der Waals surface area contributed by atoms with Gasteiger partial charge in [0.2, 0.25) is 0 Å². The van der Waals surface area contributed by atoms with E-state index in [2.05, 4.69) is 25.7 Å². The lowest BCUT2D eigenvalue weighted by molar-refractivity contribution is 0.0262. The number of hydrogen-bond acceptors (Lipinski definition) is 2. The molecule has 2 N–H and O–H groups in total. The molecular weight excluding hydrogens is 208 g/mol. The Morgan fingerprint density at radius 3 is 2.35 bits per heavy atom. The second-order valence-corrected chi connectivity index (χ2v) is 7.22. The van der Waals surface area contributed by atoms with Gasteiger partial charge in [-0.1, -0.05) is 33.6 Å². The Labute approximate surface area is 107 Å². The molecular formula is C15H30N2. The summed E-state index contributed by atoms with van der Waals surface area (Å²) in [4.78, 5) is 2.71. The van der Waals surface area contributed by atoms with Crippen LogP contribution in [0.1, 0.15) is 59.3 Å². The monoisotopic (exact) mass is 238 g/mol. The minimum Gasteiger partial charge on any atom is -0.327 e. The average Bonchev–Trinajstić information content (AvgIpc) is 2.28. The summed E-state index contributed by atoms with van der Waals surface area (Å²) in [5.41, 5.74) is 6.60. The second-order valence-electron chi connectivity index (χ2n) is 7.22. The van der Waals surface area contributed by atoms with Crippen LogP contribution in [0.25, 0.3) is 0 Å². The highest BCUT2D eigenvalue weighted by Gasteiger charge is 2.38. The molecule has 2 aliphatic rings. The maximum atomic E-state index is 6.14. The Morgan fingerprint density at radius 2 is 1.71 bits per heavy atom. The predicted octanol–water partition coefficient (Wildman–Crippen LogP) is 3.01. The molecule has 2 fully saturated rings. The largest absolute Gasteiger partial charge is 0.327 e. The van der Waals surface area contributed by atoms with Crippen molar-refractivity contribution in [3.8, 4) is 0 Å². The predicted molar refractivity (Wildman–Crippen MR) is 74.0 cm³/mol. The van der Waals surface area contributed by atoms with Crippen molar-refractivity contribution in [3.05, 3.63) is 0 Å². The normalized spacial score (nSPS) is 37.1. The molecule has 1 saturated heterocycles. The quantitative estimate of drug-likeness (QED) is 0.761. The van der Waals surface area contributed by atoms with Crippen molar-refractivity contribution >= 4 is 0 Å². The lowest BCUT2D eigenvalue weighted by atomic mass is 9.69. The number of rotatable bonds is 1. The first kappa shape index (κ1) is 13.4. The molecule has 0 amide bonds. The first-order chi connectivity index (χ1) is 7.98. The zero-order valence-corrected chi connectivity index (χ0v) is 11.9. The molecule has 1 aliphatic heterocycles. The Bertz CT molecular complexity index is 244. The topological polar surface area (TPSA) is 29.3 Å². The maximum Gasteiger partial charge on any atom is 0.0168 e. The zero-order chi connectivity index (χ0) is 12.5. The maximum absolute atomic E-state index is 6.14. The molecule has 0 aromatic carbocycles. The fourth-order valence-electron chi connectivity index (χ4n) is 3.90. The van der Waals surface area contributed by atoms with Crippen molar-refractivity contribution in [1.82, 2.24) is 4.90 Å². The third-order valence-corrected chi connectivity index (χ3v) is 4.80. The van der Waals surface area contributed by atoms with Crippen molar-refractivity contribution < 1.29 is 0 Å². The summed E-state index contributed by atoms with van der Waals surface area (Å²) < 4.78 is 0. The van der Waals surface area contributed by atoms with E-state index in [9.17, 15) is 0 Å². The van der Waals surface area contributed by atoms with Gasteiger partial charge in [0, 0.05) is 18.6 Å². The van der Waals surface area contributed by atoms with E-state index in [-0.39, 0.29) is 0 Å². The van der Waals surface area contributed by atoms with Gasteiger partial charge in [-0.25, -0.2) is 0 Å². The Balaban J connectivity index is 2.05. The molecule has 0 bridgehead atoms. The fourth-order valence-corrected chi connectivity index (χ4v) is 3.90. The number of nitrogens with two attached hydrogens (primary N) is 1. The van der Waals surface area contributed by atoms with E-state index in [1.165, 1.54) is 45.1 Å². The number of likely N-dealkylation sites (tertiary alicyclic amines) is 1. The Kier molecular flexibility index (Phi) is 4.14. The van der Waals surface area contributed by atoms with Crippen molar-refractivity contribution in [3.63, 3.8) is 0 Å². The summed E-state index contributed by atoms with van der Waals surface area (Å²) in [6.45, 7) is 9.67. The van der Waals surface area contributed by atoms with Crippen LogP contribution in [0.3, 0.4) is 0 Å². The smallest absolute Gasteiger partial charge is 0.0168 e. The SMILES string of the molecule is CC(C)(C)C1CCCCC1N1CCCC(N)C1. The third kappa shape index (κ3) is 3.23. The van der Waals surface area contributed by atoms with Crippen LogP contribution in [0.4, 0.5) is 0 Å². The van der Waals surface area contributed by atoms with Crippen LogP contribution in [-0.2, 0) is 0 Å². The fraction of sp³-hybridized carbons (Fsp3) is 1.00. The van der Waals surface area contributed by atoms with Crippen molar-refractivity contribution in [1.29, 1.82) is 0 Å². The molecule has 100 valence electrons. The molecule has 3 unspecified atom stereocenters. The van der Waals surface area contributed by atoms with Crippen molar-refractivity contribution in [2.75, 3.05) is 13.1 Å². The van der Waals surface area contributed by atoms with E-state index in [0.717, 1.165) is 18.5 Å². The van der Waals surface area contributed by atoms with Crippen LogP contribution in [0.2, 0.25) is 0 Å². The summed E-state index contributed by atoms with van der Waals surface area (Å²) in [5, 5.41) is 0. The molecule has 0 aromatic heterocycles. The number of nitrogens with zero attached hydrogens (tertiary/aromatic N) is 1. The summed E-state index contributed by atoms with van der Waals surface area (Å²) in [6.07, 6.45) is 8.19. The van der Waals surface area contributed by atoms with Crippen LogP contribution in [0, 0.1) is 11.3 Å². The van der Waals surface area contributed by atoms with Gasteiger partial charge in [-0.05, 0) is 43.6 Å². The van der Waals surface area contributed by atoms with E-state index in [1.807, 2.05) is 0 Å². The molecule has 2 heteroatoms. The Hall–Kier alpha value is -0.0800. The molecule has 0 radical (unpaired) electrons. The molecule has 17 heavy (non-hydrogen) atoms. The molecule has 1 aliphatic carbocycles. The summed E-state index contributed by atoms with van der Waals surface area (Å²) in [6, 6.07) is 1.22. The lowest BCUT2D eigenvalue weighted by Crippen LogP contribution is -2.53. The van der Waals surface area contributed by atoms with Gasteiger partial charge in [-0.2, -0.15) is 0 Å². The molecule has 2 nitrogen and oxygen atoms in total. The standard InChI is InChI=1S/C15H30N2/c1-15(2,3)13-8-4-5-9-14(13)17-10-6-7-12(16)11-17/h12-14H,4-11,16H2,1-3H3. The van der Waals surface area contributed by atoms with E-state index < -0.39 is 0 Å². The molecule has 3 atom stereocenters. The molecule has 1 saturated carbocycles. The summed E-state index contributed by atoms with van der Waals surface area (Å²) >= 11 is 0. The first-order valence-corrected chi connectivity index (χ1v) is 7.48. The minimum atomic E-state index is 0.422. The molecule has 2 rings (SSSR count). The van der Waals surface area contributed by atoms with E-state index in [4.69, 9.17) is 5.73 Å². The highest BCUT2D eigenvalue weighted by atomic mass is 15.2. The van der Waals surface area contributed by atoms with Gasteiger partial charge >= 0.3 is 0 Å². The van der Waals surface area contributed by atoms with Gasteiger partial charge in [0.25, 0.3) is 0 Å². The minimum absolute atomic E-state index is 0.422. The van der Waals surface area contributed by atoms with Gasteiger partial charge in [0.05, 0.1) is 0 Å². The molecule has 1 heterocycles. The highest BCUT2D eigenvalue weighted by Crippen LogP contribution is 2.40. The number of hydrogen-bond donors (Lipinski definition) is 1. The third-order valence-electron chi connectivity index (χ3n) is 4.80. The zero-order valence-electron chi connectivity index (χ0n) is 11.9. The molecule has 0 spiro atoms. The van der Waals surface area contributed by atoms with Crippen LogP contribution in [-0.4, -0.2) is 30.1 Å². The first-order valence-electron chi connectivity index (χ1n) is 7.48. The van der Waals surface area contributed by atoms with E-state index >= 15 is 0 Å². The highest BCUT2D eigenvalue weighted by molar-refractivity contribution is 4.92. The van der Waals surface area contributed by atoms with Crippen LogP contribution in [0.5, 0.6) is 0 Å². The van der Waals surface area contributed by atoms with Gasteiger partial charge in [-0.15, -0.1) is 0 Å². The van der Waals surface area contributed by atoms with Crippen LogP contribution < -0.4 is 5.73 Å². The van der Waals surface area contributed by atoms with Gasteiger partial charge < -0.3 is 5.73 Å². The van der Waals surface area contributed by atoms with Crippen LogP contribution in [0.15, 0.2) is 0 Å². The summed E-state index contributed by atoms with van der Waals surface area (Å²) in [7, 11) is 0. The van der Waals surface area contributed by atoms with E-state index in [1.54, 1.807) is 0 Å². The van der Waals surface area contributed by atoms with Gasteiger partial charge in [-0.3, -0.25) is 4.90 Å². The van der Waals surface area contributed by atoms with Gasteiger partial charge in [0.15, 0.2) is 0 Å². The van der Waals surface area contributed by atoms with Crippen molar-refractivity contribution in [2.24, 2.45) is 17.1 Å². The van der Waals surface area contributed by atoms with E-state index in [0.29, 0.717) is 11.5 Å². The lowest BCUT2D eigenvalue weighted by Gasteiger charge is -2.48. The van der Waals surface area contributed by atoms with Gasteiger partial charge in [0.1, 0.15) is 0 Å².